The van der Waals surface area contributed by atoms with Gasteiger partial charge in [0.05, 0.1) is 11.9 Å². The van der Waals surface area contributed by atoms with Crippen molar-refractivity contribution in [3.8, 4) is 0 Å². The Kier molecular flexibility index (Phi) is 2.00. The number of benzene rings is 1. The summed E-state index contributed by atoms with van der Waals surface area (Å²) in [5.41, 5.74) is 6.31. The van der Waals surface area contributed by atoms with Gasteiger partial charge < -0.3 is 0 Å². The van der Waals surface area contributed by atoms with Gasteiger partial charge in [-0.1, -0.05) is 24.3 Å². The van der Waals surface area contributed by atoms with E-state index in [0.717, 1.165) is 30.3 Å². The Bertz CT molecular complexity index is 727. The van der Waals surface area contributed by atoms with Crippen LogP contribution in [0.5, 0.6) is 0 Å². The maximum absolute atomic E-state index is 4.72. The minimum atomic E-state index is 0.896. The molecular weight excluding hydrogens is 222 g/mol. The van der Waals surface area contributed by atoms with Crippen molar-refractivity contribution in [2.45, 2.75) is 19.3 Å². The first-order valence-corrected chi connectivity index (χ1v) is 6.29. The Labute approximate surface area is 105 Å². The molecule has 2 heterocycles. The van der Waals surface area contributed by atoms with Crippen molar-refractivity contribution < 1.29 is 0 Å². The van der Waals surface area contributed by atoms with E-state index < -0.39 is 0 Å². The van der Waals surface area contributed by atoms with Gasteiger partial charge in [0.15, 0.2) is 5.65 Å². The largest absolute Gasteiger partial charge is 0.261 e. The molecule has 0 atom stereocenters. The topological polar surface area (TPSA) is 41.6 Å². The molecule has 1 aliphatic rings. The first kappa shape index (κ1) is 9.83. The molecule has 3 aromatic rings. The fourth-order valence-corrected chi connectivity index (χ4v) is 2.75. The fraction of sp³-hybridized carbons (Fsp3) is 0.200. The molecule has 0 saturated carbocycles. The average Bonchev–Trinajstić information content (AvgIpc) is 2.76. The number of nitrogens with zero attached hydrogens (tertiary/aromatic N) is 2. The zero-order valence-corrected chi connectivity index (χ0v) is 9.98. The van der Waals surface area contributed by atoms with E-state index in [1.807, 2.05) is 6.20 Å². The van der Waals surface area contributed by atoms with Crippen LogP contribution in [-0.4, -0.2) is 15.2 Å². The van der Waals surface area contributed by atoms with Crippen LogP contribution in [0.15, 0.2) is 36.5 Å². The highest BCUT2D eigenvalue weighted by molar-refractivity contribution is 5.75. The van der Waals surface area contributed by atoms with E-state index >= 15 is 0 Å². The molecule has 0 fully saturated rings. The van der Waals surface area contributed by atoms with Crippen LogP contribution in [0.1, 0.15) is 22.4 Å². The summed E-state index contributed by atoms with van der Waals surface area (Å²) >= 11 is 0. The maximum Gasteiger partial charge on any atom is 0.155 e. The number of H-pyrrole nitrogens is 1. The van der Waals surface area contributed by atoms with E-state index in [4.69, 9.17) is 4.98 Å². The molecule has 1 aliphatic carbocycles. The molecule has 0 aliphatic heterocycles. The second-order valence-corrected chi connectivity index (χ2v) is 4.85. The number of pyridine rings is 1. The van der Waals surface area contributed by atoms with Crippen LogP contribution in [0.3, 0.4) is 0 Å². The smallest absolute Gasteiger partial charge is 0.155 e. The van der Waals surface area contributed by atoms with E-state index in [2.05, 4.69) is 40.5 Å². The molecule has 0 saturated heterocycles. The van der Waals surface area contributed by atoms with Crippen molar-refractivity contribution in [3.63, 3.8) is 0 Å². The molecule has 0 radical (unpaired) electrons. The third kappa shape index (κ3) is 1.44. The van der Waals surface area contributed by atoms with Crippen molar-refractivity contribution in [2.75, 3.05) is 0 Å². The summed E-state index contributed by atoms with van der Waals surface area (Å²) in [6, 6.07) is 10.9. The molecule has 1 N–H and O–H groups in total. The molecule has 0 unspecified atom stereocenters. The highest BCUT2D eigenvalue weighted by atomic mass is 15.1. The quantitative estimate of drug-likeness (QED) is 0.651. The Morgan fingerprint density at radius 2 is 1.83 bits per heavy atom. The van der Waals surface area contributed by atoms with Crippen LogP contribution in [0.25, 0.3) is 11.0 Å². The summed E-state index contributed by atoms with van der Waals surface area (Å²) in [4.78, 5) is 4.72. The van der Waals surface area contributed by atoms with Gasteiger partial charge in [-0.25, -0.2) is 4.98 Å². The molecule has 18 heavy (non-hydrogen) atoms. The van der Waals surface area contributed by atoms with Gasteiger partial charge in [-0.15, -0.1) is 0 Å². The van der Waals surface area contributed by atoms with Gasteiger partial charge in [-0.3, -0.25) is 5.10 Å². The van der Waals surface area contributed by atoms with Gasteiger partial charge in [0, 0.05) is 11.8 Å². The number of aromatic nitrogens is 3. The van der Waals surface area contributed by atoms with Crippen LogP contribution >= 0.6 is 0 Å². The Morgan fingerprint density at radius 1 is 1.00 bits per heavy atom. The van der Waals surface area contributed by atoms with Gasteiger partial charge in [0.25, 0.3) is 0 Å². The monoisotopic (exact) mass is 235 g/mol. The molecule has 4 rings (SSSR count). The zero-order valence-electron chi connectivity index (χ0n) is 9.98. The summed E-state index contributed by atoms with van der Waals surface area (Å²) in [5, 5.41) is 8.12. The van der Waals surface area contributed by atoms with Gasteiger partial charge in [0.1, 0.15) is 0 Å². The first-order valence-electron chi connectivity index (χ1n) is 6.29. The van der Waals surface area contributed by atoms with E-state index in [1.165, 1.54) is 22.4 Å². The lowest BCUT2D eigenvalue weighted by Gasteiger charge is -2.04. The van der Waals surface area contributed by atoms with Crippen LogP contribution in [-0.2, 0) is 19.3 Å². The first-order chi connectivity index (χ1) is 8.90. The van der Waals surface area contributed by atoms with Gasteiger partial charge >= 0.3 is 0 Å². The third-order valence-corrected chi connectivity index (χ3v) is 3.73. The Hall–Kier alpha value is -2.16. The second kappa shape index (κ2) is 3.67. The molecule has 0 spiro atoms. The number of aromatic amines is 1. The second-order valence-electron chi connectivity index (χ2n) is 4.85. The van der Waals surface area contributed by atoms with E-state index in [0.29, 0.717) is 0 Å². The number of hydrogen-bond donors (Lipinski definition) is 1. The van der Waals surface area contributed by atoms with Crippen molar-refractivity contribution >= 4 is 11.0 Å². The molecular formula is C15H13N3. The average molecular weight is 235 g/mol. The van der Waals surface area contributed by atoms with Crippen molar-refractivity contribution in [3.05, 3.63) is 58.9 Å². The van der Waals surface area contributed by atoms with Crippen LogP contribution in [0.2, 0.25) is 0 Å². The molecule has 1 aromatic carbocycles. The molecule has 3 heteroatoms. The lowest BCUT2D eigenvalue weighted by Crippen LogP contribution is -1.97. The predicted octanol–water partition coefficient (Wildman–Crippen LogP) is 2.65. The van der Waals surface area contributed by atoms with Crippen LogP contribution in [0, 0.1) is 0 Å². The minimum absolute atomic E-state index is 0.896. The maximum atomic E-state index is 4.72. The molecule has 0 bridgehead atoms. The number of hydrogen-bond acceptors (Lipinski definition) is 2. The minimum Gasteiger partial charge on any atom is -0.261 e. The fourth-order valence-electron chi connectivity index (χ4n) is 2.75. The summed E-state index contributed by atoms with van der Waals surface area (Å²) in [7, 11) is 0. The summed E-state index contributed by atoms with van der Waals surface area (Å²) in [5.74, 6) is 0. The van der Waals surface area contributed by atoms with Crippen molar-refractivity contribution in [2.24, 2.45) is 0 Å². The number of aryl methyl sites for hydroxylation is 2. The number of nitrogens with one attached hydrogen (secondary N) is 1. The number of rotatable bonds is 0. The van der Waals surface area contributed by atoms with Crippen molar-refractivity contribution in [1.82, 2.24) is 15.2 Å². The Balaban J connectivity index is 1.90. The van der Waals surface area contributed by atoms with Gasteiger partial charge in [-0.2, -0.15) is 5.10 Å². The summed E-state index contributed by atoms with van der Waals surface area (Å²) in [6.45, 7) is 0. The molecule has 0 amide bonds. The molecule has 88 valence electrons. The van der Waals surface area contributed by atoms with E-state index in [9.17, 15) is 0 Å². The van der Waals surface area contributed by atoms with Gasteiger partial charge in [-0.05, 0) is 35.6 Å². The SMILES string of the molecule is c1ccc2c(c1)CCc1cc3cn[nH]c3nc1C2. The zero-order chi connectivity index (χ0) is 11.9. The third-order valence-electron chi connectivity index (χ3n) is 3.73. The highest BCUT2D eigenvalue weighted by Crippen LogP contribution is 2.25. The molecule has 2 aromatic heterocycles. The Morgan fingerprint density at radius 3 is 2.78 bits per heavy atom. The van der Waals surface area contributed by atoms with Crippen LogP contribution in [0.4, 0.5) is 0 Å². The highest BCUT2D eigenvalue weighted by Gasteiger charge is 2.15. The summed E-state index contributed by atoms with van der Waals surface area (Å²) < 4.78 is 0. The van der Waals surface area contributed by atoms with Gasteiger partial charge in [0.2, 0.25) is 0 Å². The number of fused-ring (bicyclic) bond motifs is 3. The van der Waals surface area contributed by atoms with Crippen molar-refractivity contribution in [1.29, 1.82) is 0 Å². The summed E-state index contributed by atoms with van der Waals surface area (Å²) in [6.07, 6.45) is 4.95. The van der Waals surface area contributed by atoms with E-state index in [-0.39, 0.29) is 0 Å². The predicted molar refractivity (Wildman–Crippen MR) is 70.5 cm³/mol. The normalized spacial score (nSPS) is 14.0. The lowest BCUT2D eigenvalue weighted by atomic mass is 10.0. The van der Waals surface area contributed by atoms with Crippen LogP contribution < -0.4 is 0 Å². The standard InChI is InChI=1S/C15H13N3/c1-2-4-11-8-14-12(6-5-10(11)3-1)7-13-9-16-18-15(13)17-14/h1-4,7,9H,5-6,8H2,(H,16,17,18). The molecule has 3 nitrogen and oxygen atoms in total. The van der Waals surface area contributed by atoms with E-state index in [1.54, 1.807) is 0 Å². The lowest BCUT2D eigenvalue weighted by molar-refractivity contribution is 0.957.